The van der Waals surface area contributed by atoms with Crippen molar-refractivity contribution in [1.82, 2.24) is 24.9 Å². The molecule has 276 valence electrons. The summed E-state index contributed by atoms with van der Waals surface area (Å²) in [5.74, 6) is -0.991. The second-order valence-electron chi connectivity index (χ2n) is 14.2. The Balaban J connectivity index is 1.65. The minimum atomic E-state index is -0.557. The van der Waals surface area contributed by atoms with Gasteiger partial charge in [0, 0.05) is 53.6 Å². The maximum absolute atomic E-state index is 14.0. The lowest BCUT2D eigenvalue weighted by atomic mass is 9.90. The molecular weight excluding hydrogens is 624 g/mol. The Kier molecular flexibility index (Phi) is 15.8. The number of nitrogens with one attached hydrogen (secondary N) is 1. The van der Waals surface area contributed by atoms with Crippen LogP contribution in [0, 0.1) is 17.8 Å². The number of ether oxygens (including phenoxy) is 2. The second-order valence-corrected chi connectivity index (χ2v) is 14.2. The fraction of sp³-hybridized carbons (Fsp3) is 0.730. The molecule has 12 nitrogen and oxygen atoms in total. The van der Waals surface area contributed by atoms with Crippen molar-refractivity contribution in [2.24, 2.45) is 17.8 Å². The zero-order valence-corrected chi connectivity index (χ0v) is 31.2. The molecule has 49 heavy (non-hydrogen) atoms. The predicted molar refractivity (Wildman–Crippen MR) is 192 cm³/mol. The average Bonchev–Trinajstić information content (AvgIpc) is 3.58. The third-order valence-electron chi connectivity index (χ3n) is 10.8. The highest BCUT2D eigenvalue weighted by Crippen LogP contribution is 2.30. The van der Waals surface area contributed by atoms with E-state index in [4.69, 9.17) is 15.2 Å². The number of benzene rings is 1. The number of nitrogens with zero attached hydrogens (tertiary/aromatic N) is 4. The summed E-state index contributed by atoms with van der Waals surface area (Å²) in [5.41, 5.74) is 7.68. The maximum Gasteiger partial charge on any atom is 0.242 e. The Morgan fingerprint density at radius 3 is 2.41 bits per heavy atom. The highest BCUT2D eigenvalue weighted by Gasteiger charge is 2.42. The van der Waals surface area contributed by atoms with Crippen molar-refractivity contribution in [3.8, 4) is 0 Å². The normalized spacial score (nSPS) is 21.3. The Bertz CT molecular complexity index is 1250. The SMILES string of the molecule is CCC(C)C(C(CC(=O)N1CCCC1C(OC)C(C)C(=O)N(C)CCc1cccc(N)c1)OC)N(C)C(=O)CNC(=O)C1CCCN(C)C1. The van der Waals surface area contributed by atoms with Crippen LogP contribution in [0.15, 0.2) is 24.3 Å². The van der Waals surface area contributed by atoms with Crippen LogP contribution in [0.3, 0.4) is 0 Å². The lowest BCUT2D eigenvalue weighted by Crippen LogP contribution is -2.54. The van der Waals surface area contributed by atoms with Crippen molar-refractivity contribution in [2.45, 2.75) is 90.0 Å². The number of nitrogen functional groups attached to an aromatic ring is 1. The molecule has 12 heteroatoms. The van der Waals surface area contributed by atoms with Gasteiger partial charge in [-0.3, -0.25) is 19.2 Å². The fourth-order valence-electron chi connectivity index (χ4n) is 7.63. The van der Waals surface area contributed by atoms with Crippen molar-refractivity contribution < 1.29 is 28.7 Å². The number of anilines is 1. The molecule has 2 fully saturated rings. The van der Waals surface area contributed by atoms with Crippen LogP contribution in [0.1, 0.15) is 64.9 Å². The van der Waals surface area contributed by atoms with Crippen LogP contribution >= 0.6 is 0 Å². The molecule has 0 aromatic heterocycles. The largest absolute Gasteiger partial charge is 0.399 e. The molecule has 1 aromatic carbocycles. The number of carbonyl (C=O) groups excluding carboxylic acids is 4. The predicted octanol–water partition coefficient (Wildman–Crippen LogP) is 2.65. The molecule has 0 saturated carbocycles. The number of rotatable bonds is 17. The molecule has 3 N–H and O–H groups in total. The van der Waals surface area contributed by atoms with Gasteiger partial charge in [0.25, 0.3) is 0 Å². The number of likely N-dealkylation sites (N-methyl/N-ethyl adjacent to an activating group) is 2. The molecule has 2 heterocycles. The van der Waals surface area contributed by atoms with Crippen molar-refractivity contribution in [3.63, 3.8) is 0 Å². The molecule has 7 unspecified atom stereocenters. The highest BCUT2D eigenvalue weighted by atomic mass is 16.5. The molecule has 0 radical (unpaired) electrons. The van der Waals surface area contributed by atoms with Gasteiger partial charge in [0.2, 0.25) is 23.6 Å². The minimum Gasteiger partial charge on any atom is -0.399 e. The van der Waals surface area contributed by atoms with E-state index in [0.717, 1.165) is 44.2 Å². The van der Waals surface area contributed by atoms with E-state index in [1.165, 1.54) is 0 Å². The Morgan fingerprint density at radius 2 is 1.78 bits per heavy atom. The Morgan fingerprint density at radius 1 is 1.06 bits per heavy atom. The summed E-state index contributed by atoms with van der Waals surface area (Å²) in [4.78, 5) is 61.2. The summed E-state index contributed by atoms with van der Waals surface area (Å²) < 4.78 is 11.9. The standard InChI is InChI=1S/C37H62N6O6/c1-9-25(2)34(42(6)33(45)23-39-36(46)28-14-11-18-40(4)24-28)31(48-7)22-32(44)43-19-12-16-30(43)35(49-8)26(3)37(47)41(5)20-17-27-13-10-15-29(38)21-27/h10,13,15,21,25-26,28,30-31,34-35H,9,11-12,14,16-20,22-24,38H2,1-8H3,(H,39,46). The van der Waals surface area contributed by atoms with Crippen LogP contribution in [-0.2, 0) is 35.1 Å². The van der Waals surface area contributed by atoms with Gasteiger partial charge in [0.15, 0.2) is 0 Å². The van der Waals surface area contributed by atoms with Gasteiger partial charge in [-0.25, -0.2) is 0 Å². The van der Waals surface area contributed by atoms with E-state index in [-0.39, 0.29) is 60.5 Å². The quantitative estimate of drug-likeness (QED) is 0.239. The third kappa shape index (κ3) is 10.9. The van der Waals surface area contributed by atoms with Crippen LogP contribution < -0.4 is 11.1 Å². The summed E-state index contributed by atoms with van der Waals surface area (Å²) in [7, 11) is 8.71. The van der Waals surface area contributed by atoms with E-state index in [9.17, 15) is 19.2 Å². The number of likely N-dealkylation sites (tertiary alicyclic amines) is 2. The lowest BCUT2D eigenvalue weighted by molar-refractivity contribution is -0.147. The number of nitrogens with two attached hydrogens (primary N) is 1. The summed E-state index contributed by atoms with van der Waals surface area (Å²) in [6.45, 7) is 8.65. The smallest absolute Gasteiger partial charge is 0.242 e. The zero-order valence-electron chi connectivity index (χ0n) is 31.2. The van der Waals surface area contributed by atoms with Gasteiger partial charge in [-0.15, -0.1) is 0 Å². The second kappa shape index (κ2) is 19.2. The molecule has 2 saturated heterocycles. The van der Waals surface area contributed by atoms with Crippen LogP contribution in [-0.4, -0.2) is 136 Å². The van der Waals surface area contributed by atoms with Gasteiger partial charge in [-0.05, 0) is 69.3 Å². The molecule has 3 rings (SSSR count). The van der Waals surface area contributed by atoms with Crippen molar-refractivity contribution >= 4 is 29.3 Å². The highest BCUT2D eigenvalue weighted by molar-refractivity contribution is 5.86. The third-order valence-corrected chi connectivity index (χ3v) is 10.8. The molecule has 2 aliphatic rings. The Hall–Kier alpha value is -3.22. The first-order valence-corrected chi connectivity index (χ1v) is 18.0. The minimum absolute atomic E-state index is 0.0376. The average molecular weight is 687 g/mol. The van der Waals surface area contributed by atoms with E-state index in [1.807, 2.05) is 43.1 Å². The molecule has 0 spiro atoms. The van der Waals surface area contributed by atoms with Crippen LogP contribution in [0.25, 0.3) is 0 Å². The van der Waals surface area contributed by atoms with E-state index in [0.29, 0.717) is 31.7 Å². The molecule has 0 aliphatic carbocycles. The summed E-state index contributed by atoms with van der Waals surface area (Å²) in [6, 6.07) is 7.04. The van der Waals surface area contributed by atoms with Gasteiger partial charge >= 0.3 is 0 Å². The van der Waals surface area contributed by atoms with Crippen molar-refractivity contribution in [2.75, 3.05) is 73.8 Å². The lowest BCUT2D eigenvalue weighted by Gasteiger charge is -2.39. The summed E-state index contributed by atoms with van der Waals surface area (Å²) in [6.07, 6.45) is 3.83. The summed E-state index contributed by atoms with van der Waals surface area (Å²) in [5, 5.41) is 2.86. The number of carbonyl (C=O) groups is 4. The number of hydrogen-bond acceptors (Lipinski definition) is 8. The van der Waals surface area contributed by atoms with E-state index in [2.05, 4.69) is 24.1 Å². The Labute approximate surface area is 294 Å². The number of piperidine rings is 1. The van der Waals surface area contributed by atoms with Gasteiger partial charge < -0.3 is 40.1 Å². The van der Waals surface area contributed by atoms with Gasteiger partial charge in [0.05, 0.1) is 49.1 Å². The molecule has 2 aliphatic heterocycles. The number of hydrogen-bond donors (Lipinski definition) is 2. The van der Waals surface area contributed by atoms with Gasteiger partial charge in [0.1, 0.15) is 0 Å². The van der Waals surface area contributed by atoms with Crippen molar-refractivity contribution in [3.05, 3.63) is 29.8 Å². The zero-order chi connectivity index (χ0) is 36.2. The number of amides is 4. The van der Waals surface area contributed by atoms with Crippen LogP contribution in [0.2, 0.25) is 0 Å². The van der Waals surface area contributed by atoms with E-state index in [1.54, 1.807) is 38.1 Å². The first-order valence-electron chi connectivity index (χ1n) is 18.0. The van der Waals surface area contributed by atoms with Crippen LogP contribution in [0.4, 0.5) is 5.69 Å². The molecule has 1 aromatic rings. The first-order chi connectivity index (χ1) is 23.3. The number of methoxy groups -OCH3 is 2. The molecule has 4 amide bonds. The van der Waals surface area contributed by atoms with E-state index < -0.39 is 18.1 Å². The van der Waals surface area contributed by atoms with Crippen LogP contribution in [0.5, 0.6) is 0 Å². The van der Waals surface area contributed by atoms with E-state index >= 15 is 0 Å². The maximum atomic E-state index is 14.0. The first kappa shape index (κ1) is 40.2. The fourth-order valence-corrected chi connectivity index (χ4v) is 7.63. The molecule has 7 atom stereocenters. The van der Waals surface area contributed by atoms with Gasteiger partial charge in [-0.2, -0.15) is 0 Å². The molecular formula is C37H62N6O6. The molecule has 0 bridgehead atoms. The monoisotopic (exact) mass is 686 g/mol. The van der Waals surface area contributed by atoms with Crippen molar-refractivity contribution in [1.29, 1.82) is 0 Å². The summed E-state index contributed by atoms with van der Waals surface area (Å²) >= 11 is 0. The van der Waals surface area contributed by atoms with Gasteiger partial charge in [-0.1, -0.05) is 39.3 Å². The topological polar surface area (TPSA) is 138 Å².